The molecule has 3 rings (SSSR count). The molecule has 0 unspecified atom stereocenters. The van der Waals surface area contributed by atoms with Gasteiger partial charge in [0, 0.05) is 17.1 Å². The van der Waals surface area contributed by atoms with Crippen LogP contribution in [0.25, 0.3) is 6.08 Å². The molecule has 0 spiro atoms. The minimum Gasteiger partial charge on any atom is -0.490 e. The summed E-state index contributed by atoms with van der Waals surface area (Å²) in [6, 6.07) is 11.2. The monoisotopic (exact) mass is 508 g/mol. The summed E-state index contributed by atoms with van der Waals surface area (Å²) in [5, 5.41) is 4.06. The Morgan fingerprint density at radius 3 is 2.70 bits per heavy atom. The third kappa shape index (κ3) is 5.14. The van der Waals surface area contributed by atoms with E-state index in [2.05, 4.69) is 21.2 Å². The number of carbonyl (C=O) groups excluding carboxylic acids is 1. The van der Waals surface area contributed by atoms with Crippen molar-refractivity contribution in [2.24, 2.45) is 0 Å². The molecule has 158 valence electrons. The van der Waals surface area contributed by atoms with Gasteiger partial charge in [0.2, 0.25) is 0 Å². The number of amides is 1. The molecule has 0 bridgehead atoms. The predicted octanol–water partition coefficient (Wildman–Crippen LogP) is 5.55. The van der Waals surface area contributed by atoms with E-state index in [0.29, 0.717) is 51.6 Å². The fourth-order valence-corrected chi connectivity index (χ4v) is 4.05. The summed E-state index contributed by atoms with van der Waals surface area (Å²) in [4.78, 5) is 14.2. The summed E-state index contributed by atoms with van der Waals surface area (Å²) in [7, 11) is 0. The first-order valence-corrected chi connectivity index (χ1v) is 11.2. The van der Waals surface area contributed by atoms with Crippen molar-refractivity contribution in [3.8, 4) is 11.5 Å². The highest BCUT2D eigenvalue weighted by molar-refractivity contribution is 9.10. The number of benzene rings is 2. The maximum Gasteiger partial charge on any atom is 0.276 e. The second-order valence-electron chi connectivity index (χ2n) is 6.59. The van der Waals surface area contributed by atoms with Crippen LogP contribution in [0, 0.1) is 0 Å². The Labute approximate surface area is 195 Å². The van der Waals surface area contributed by atoms with Crippen molar-refractivity contribution in [1.82, 2.24) is 10.2 Å². The van der Waals surface area contributed by atoms with Gasteiger partial charge in [-0.2, -0.15) is 0 Å². The number of rotatable bonds is 8. The van der Waals surface area contributed by atoms with Crippen LogP contribution in [0.4, 0.5) is 0 Å². The molecular formula is C22H22BrClN2O3S. The molecule has 0 saturated carbocycles. The van der Waals surface area contributed by atoms with E-state index >= 15 is 0 Å². The van der Waals surface area contributed by atoms with Crippen molar-refractivity contribution in [2.45, 2.75) is 26.9 Å². The minimum absolute atomic E-state index is 0.130. The van der Waals surface area contributed by atoms with Crippen LogP contribution in [-0.2, 0) is 11.4 Å². The Morgan fingerprint density at radius 2 is 2.00 bits per heavy atom. The molecule has 2 aromatic rings. The number of halogens is 2. The molecule has 0 atom stereocenters. The van der Waals surface area contributed by atoms with E-state index < -0.39 is 0 Å². The zero-order valence-electron chi connectivity index (χ0n) is 16.7. The fraction of sp³-hybridized carbons (Fsp3) is 0.273. The molecule has 2 aromatic carbocycles. The van der Waals surface area contributed by atoms with Crippen LogP contribution in [0.5, 0.6) is 11.5 Å². The Morgan fingerprint density at radius 1 is 1.23 bits per heavy atom. The van der Waals surface area contributed by atoms with Crippen LogP contribution in [0.2, 0.25) is 5.02 Å². The maximum absolute atomic E-state index is 12.6. The number of hydrogen-bond acceptors (Lipinski definition) is 4. The van der Waals surface area contributed by atoms with Crippen molar-refractivity contribution in [3.63, 3.8) is 0 Å². The molecule has 5 nitrogen and oxygen atoms in total. The van der Waals surface area contributed by atoms with Crippen LogP contribution in [0.3, 0.4) is 0 Å². The van der Waals surface area contributed by atoms with Gasteiger partial charge >= 0.3 is 0 Å². The lowest BCUT2D eigenvalue weighted by atomic mass is 10.1. The van der Waals surface area contributed by atoms with Gasteiger partial charge in [-0.15, -0.1) is 0 Å². The highest BCUT2D eigenvalue weighted by Crippen LogP contribution is 2.38. The quantitative estimate of drug-likeness (QED) is 0.374. The number of carbonyl (C=O) groups is 1. The Kier molecular flexibility index (Phi) is 7.75. The Hall–Kier alpha value is -2.09. The van der Waals surface area contributed by atoms with Gasteiger partial charge in [-0.3, -0.25) is 9.69 Å². The lowest BCUT2D eigenvalue weighted by Gasteiger charge is -2.15. The molecule has 1 saturated heterocycles. The zero-order chi connectivity index (χ0) is 21.7. The number of thiocarbonyl (C=S) groups is 1. The normalized spacial score (nSPS) is 14.9. The highest BCUT2D eigenvalue weighted by atomic mass is 79.9. The summed E-state index contributed by atoms with van der Waals surface area (Å²) in [6.07, 6.45) is 2.59. The van der Waals surface area contributed by atoms with Gasteiger partial charge in [0.1, 0.15) is 12.3 Å². The number of ether oxygens (including phenoxy) is 2. The van der Waals surface area contributed by atoms with Crippen LogP contribution in [0.15, 0.2) is 46.6 Å². The molecule has 1 aliphatic heterocycles. The van der Waals surface area contributed by atoms with Gasteiger partial charge in [0.25, 0.3) is 5.91 Å². The van der Waals surface area contributed by atoms with E-state index in [1.807, 2.05) is 50.2 Å². The van der Waals surface area contributed by atoms with Gasteiger partial charge in [0.05, 0.1) is 11.1 Å². The predicted molar refractivity (Wildman–Crippen MR) is 127 cm³/mol. The van der Waals surface area contributed by atoms with Crippen LogP contribution < -0.4 is 14.8 Å². The number of nitrogens with zero attached hydrogens (tertiary/aromatic N) is 1. The summed E-state index contributed by atoms with van der Waals surface area (Å²) >= 11 is 15.1. The number of nitrogens with one attached hydrogen (secondary N) is 1. The van der Waals surface area contributed by atoms with E-state index in [1.165, 1.54) is 0 Å². The van der Waals surface area contributed by atoms with Gasteiger partial charge < -0.3 is 14.8 Å². The van der Waals surface area contributed by atoms with Gasteiger partial charge in [-0.1, -0.05) is 36.7 Å². The van der Waals surface area contributed by atoms with E-state index in [0.717, 1.165) is 17.5 Å². The second kappa shape index (κ2) is 10.3. The first kappa shape index (κ1) is 22.6. The van der Waals surface area contributed by atoms with E-state index in [9.17, 15) is 4.79 Å². The summed E-state index contributed by atoms with van der Waals surface area (Å²) in [5.41, 5.74) is 2.10. The summed E-state index contributed by atoms with van der Waals surface area (Å²) in [5.74, 6) is 1.02. The molecule has 30 heavy (non-hydrogen) atoms. The van der Waals surface area contributed by atoms with Gasteiger partial charge in [-0.25, -0.2) is 0 Å². The van der Waals surface area contributed by atoms with Crippen molar-refractivity contribution in [1.29, 1.82) is 0 Å². The third-order valence-corrected chi connectivity index (χ3v) is 5.66. The topological polar surface area (TPSA) is 50.8 Å². The van der Waals surface area contributed by atoms with Crippen LogP contribution >= 0.6 is 39.7 Å². The fourth-order valence-electron chi connectivity index (χ4n) is 3.00. The summed E-state index contributed by atoms with van der Waals surface area (Å²) in [6.45, 7) is 5.27. The molecule has 1 aliphatic rings. The first-order valence-electron chi connectivity index (χ1n) is 9.61. The molecule has 0 aromatic heterocycles. The summed E-state index contributed by atoms with van der Waals surface area (Å²) < 4.78 is 12.5. The molecule has 1 amide bonds. The van der Waals surface area contributed by atoms with Gasteiger partial charge in [0.15, 0.2) is 16.6 Å². The lowest BCUT2D eigenvalue weighted by molar-refractivity contribution is -0.122. The molecule has 1 fully saturated rings. The molecule has 1 N–H and O–H groups in total. The Bertz CT molecular complexity index is 996. The zero-order valence-corrected chi connectivity index (χ0v) is 19.9. The standard InChI is InChI=1S/C22H22BrClN2O3S/c1-3-9-26-21(27)18(25-22(26)30)11-14-10-16(23)20(19(12-14)28-4-2)29-13-15-7-5-6-8-17(15)24/h5-8,10-12H,3-4,9,13H2,1-2H3,(H,25,30)/b18-11-. The average Bonchev–Trinajstić information content (AvgIpc) is 2.96. The minimum atomic E-state index is -0.130. The third-order valence-electron chi connectivity index (χ3n) is 4.38. The van der Waals surface area contributed by atoms with Crippen molar-refractivity contribution in [2.75, 3.05) is 13.2 Å². The van der Waals surface area contributed by atoms with Crippen molar-refractivity contribution >= 4 is 56.8 Å². The molecule has 0 aliphatic carbocycles. The molecular weight excluding hydrogens is 488 g/mol. The largest absolute Gasteiger partial charge is 0.490 e. The SMILES string of the molecule is CCCN1C(=O)/C(=C/c2cc(Br)c(OCc3ccccc3Cl)c(OCC)c2)NC1=S. The van der Waals surface area contributed by atoms with E-state index in [-0.39, 0.29) is 5.91 Å². The van der Waals surface area contributed by atoms with Crippen LogP contribution in [0.1, 0.15) is 31.4 Å². The van der Waals surface area contributed by atoms with Crippen molar-refractivity contribution in [3.05, 3.63) is 62.7 Å². The smallest absolute Gasteiger partial charge is 0.276 e. The second-order valence-corrected chi connectivity index (χ2v) is 8.24. The Balaban J connectivity index is 1.87. The van der Waals surface area contributed by atoms with Crippen LogP contribution in [-0.4, -0.2) is 29.1 Å². The molecule has 1 heterocycles. The van der Waals surface area contributed by atoms with Crippen molar-refractivity contribution < 1.29 is 14.3 Å². The molecule has 0 radical (unpaired) electrons. The van der Waals surface area contributed by atoms with E-state index in [1.54, 1.807) is 11.0 Å². The first-order chi connectivity index (χ1) is 14.4. The lowest BCUT2D eigenvalue weighted by Crippen LogP contribution is -2.31. The maximum atomic E-state index is 12.6. The van der Waals surface area contributed by atoms with E-state index in [4.69, 9.17) is 33.3 Å². The van der Waals surface area contributed by atoms with Gasteiger partial charge in [-0.05, 0) is 71.3 Å². The average molecular weight is 510 g/mol. The highest BCUT2D eigenvalue weighted by Gasteiger charge is 2.29. The molecule has 8 heteroatoms. The number of hydrogen-bond donors (Lipinski definition) is 1.